The van der Waals surface area contributed by atoms with Crippen LogP contribution >= 0.6 is 11.3 Å². The molecule has 0 spiro atoms. The number of benzene rings is 1. The minimum absolute atomic E-state index is 0.542. The van der Waals surface area contributed by atoms with Crippen LogP contribution < -0.4 is 5.32 Å². The van der Waals surface area contributed by atoms with Gasteiger partial charge in [-0.15, -0.1) is 0 Å². The highest BCUT2D eigenvalue weighted by atomic mass is 32.1. The van der Waals surface area contributed by atoms with E-state index in [0.29, 0.717) is 6.04 Å². The smallest absolute Gasteiger partial charge is 0.0352 e. The Morgan fingerprint density at radius 2 is 2.17 bits per heavy atom. The lowest BCUT2D eigenvalue weighted by molar-refractivity contribution is 0.388. The van der Waals surface area contributed by atoms with Crippen molar-refractivity contribution < 1.29 is 0 Å². The van der Waals surface area contributed by atoms with Crippen LogP contribution in [0.1, 0.15) is 29.2 Å². The molecule has 0 fully saturated rings. The van der Waals surface area contributed by atoms with Crippen LogP contribution in [0.3, 0.4) is 0 Å². The lowest BCUT2D eigenvalue weighted by Gasteiger charge is -2.19. The average molecular weight is 257 g/mol. The van der Waals surface area contributed by atoms with Crippen LogP contribution in [0.25, 0.3) is 0 Å². The molecule has 0 radical (unpaired) electrons. The quantitative estimate of drug-likeness (QED) is 0.878. The zero-order valence-corrected chi connectivity index (χ0v) is 11.5. The molecule has 94 valence electrons. The normalized spacial score (nSPS) is 22.1. The van der Waals surface area contributed by atoms with Crippen LogP contribution in [-0.4, -0.2) is 7.05 Å². The molecular weight excluding hydrogens is 238 g/mol. The van der Waals surface area contributed by atoms with Gasteiger partial charge in [0.2, 0.25) is 0 Å². The van der Waals surface area contributed by atoms with Crippen molar-refractivity contribution in [2.24, 2.45) is 5.92 Å². The lowest BCUT2D eigenvalue weighted by Crippen LogP contribution is -2.21. The van der Waals surface area contributed by atoms with E-state index in [-0.39, 0.29) is 0 Å². The minimum Gasteiger partial charge on any atom is -0.313 e. The van der Waals surface area contributed by atoms with Crippen molar-refractivity contribution in [2.45, 2.75) is 25.3 Å². The summed E-state index contributed by atoms with van der Waals surface area (Å²) < 4.78 is 0. The van der Waals surface area contributed by atoms with Crippen LogP contribution in [0.4, 0.5) is 0 Å². The summed E-state index contributed by atoms with van der Waals surface area (Å²) in [7, 11) is 2.09. The third-order valence-corrected chi connectivity index (χ3v) is 4.77. The van der Waals surface area contributed by atoms with Crippen molar-refractivity contribution in [3.05, 3.63) is 57.8 Å². The Kier molecular flexibility index (Phi) is 3.48. The molecule has 2 heteroatoms. The molecule has 1 aromatic heterocycles. The Morgan fingerprint density at radius 1 is 1.28 bits per heavy atom. The van der Waals surface area contributed by atoms with Gasteiger partial charge in [-0.2, -0.15) is 11.3 Å². The van der Waals surface area contributed by atoms with E-state index in [1.807, 2.05) is 0 Å². The first-order valence-electron chi connectivity index (χ1n) is 6.64. The first-order chi connectivity index (χ1) is 8.88. The molecular formula is C16H19NS. The Morgan fingerprint density at radius 3 is 2.94 bits per heavy atom. The minimum atomic E-state index is 0.542. The van der Waals surface area contributed by atoms with Gasteiger partial charge < -0.3 is 5.32 Å². The fourth-order valence-electron chi connectivity index (χ4n) is 3.12. The second kappa shape index (κ2) is 5.25. The molecule has 0 amide bonds. The van der Waals surface area contributed by atoms with Crippen molar-refractivity contribution in [3.63, 3.8) is 0 Å². The fraction of sp³-hybridized carbons (Fsp3) is 0.375. The number of thiophene rings is 1. The number of nitrogens with one attached hydrogen (secondary N) is 1. The van der Waals surface area contributed by atoms with E-state index in [2.05, 4.69) is 53.5 Å². The highest BCUT2D eigenvalue weighted by Gasteiger charge is 2.30. The number of hydrogen-bond acceptors (Lipinski definition) is 2. The maximum absolute atomic E-state index is 3.50. The summed E-state index contributed by atoms with van der Waals surface area (Å²) in [6.07, 6.45) is 3.71. The molecule has 18 heavy (non-hydrogen) atoms. The van der Waals surface area contributed by atoms with Crippen molar-refractivity contribution in [3.8, 4) is 0 Å². The third-order valence-electron chi connectivity index (χ3n) is 4.04. The van der Waals surface area contributed by atoms with Crippen LogP contribution in [0.15, 0.2) is 41.1 Å². The van der Waals surface area contributed by atoms with Gasteiger partial charge in [0, 0.05) is 6.04 Å². The molecule has 0 bridgehead atoms. The standard InChI is InChI=1S/C16H19NS/c1-17-16-14(7-6-12-8-9-18-11-12)10-13-4-2-3-5-15(13)16/h2-5,8-9,11,14,16-17H,6-7,10H2,1H3. The van der Waals surface area contributed by atoms with Gasteiger partial charge in [0.05, 0.1) is 0 Å². The molecule has 2 unspecified atom stereocenters. The van der Waals surface area contributed by atoms with Crippen molar-refractivity contribution in [2.75, 3.05) is 7.05 Å². The zero-order valence-electron chi connectivity index (χ0n) is 10.7. The molecule has 0 saturated carbocycles. The van der Waals surface area contributed by atoms with Gasteiger partial charge in [-0.1, -0.05) is 24.3 Å². The Hall–Kier alpha value is -1.12. The van der Waals surface area contributed by atoms with E-state index in [4.69, 9.17) is 0 Å². The van der Waals surface area contributed by atoms with Crippen LogP contribution in [0, 0.1) is 5.92 Å². The maximum atomic E-state index is 3.50. The molecule has 1 aliphatic carbocycles. The monoisotopic (exact) mass is 257 g/mol. The number of fused-ring (bicyclic) bond motifs is 1. The fourth-order valence-corrected chi connectivity index (χ4v) is 3.83. The van der Waals surface area contributed by atoms with Crippen molar-refractivity contribution >= 4 is 11.3 Å². The average Bonchev–Trinajstić information content (AvgIpc) is 3.03. The molecule has 0 saturated heterocycles. The van der Waals surface area contributed by atoms with E-state index in [1.54, 1.807) is 11.3 Å². The molecule has 1 N–H and O–H groups in total. The zero-order chi connectivity index (χ0) is 12.4. The SMILES string of the molecule is CNC1c2ccccc2CC1CCc1ccsc1. The molecule has 1 nitrogen and oxygen atoms in total. The predicted molar refractivity (Wildman–Crippen MR) is 78.1 cm³/mol. The van der Waals surface area contributed by atoms with Crippen LogP contribution in [0.5, 0.6) is 0 Å². The number of hydrogen-bond donors (Lipinski definition) is 1. The summed E-state index contributed by atoms with van der Waals surface area (Å²) >= 11 is 1.80. The summed E-state index contributed by atoms with van der Waals surface area (Å²) in [6, 6.07) is 11.7. The van der Waals surface area contributed by atoms with Gasteiger partial charge in [-0.25, -0.2) is 0 Å². The van der Waals surface area contributed by atoms with Gasteiger partial charge >= 0.3 is 0 Å². The summed E-state index contributed by atoms with van der Waals surface area (Å²) in [5.74, 6) is 0.743. The van der Waals surface area contributed by atoms with Crippen molar-refractivity contribution in [1.82, 2.24) is 5.32 Å². The van der Waals surface area contributed by atoms with Crippen LogP contribution in [0.2, 0.25) is 0 Å². The number of aryl methyl sites for hydroxylation is 1. The van der Waals surface area contributed by atoms with E-state index >= 15 is 0 Å². The molecule has 2 aromatic rings. The van der Waals surface area contributed by atoms with E-state index in [0.717, 1.165) is 5.92 Å². The van der Waals surface area contributed by atoms with E-state index < -0.39 is 0 Å². The number of rotatable bonds is 4. The first-order valence-corrected chi connectivity index (χ1v) is 7.59. The first kappa shape index (κ1) is 11.9. The van der Waals surface area contributed by atoms with Crippen LogP contribution in [-0.2, 0) is 12.8 Å². The Bertz CT molecular complexity index is 504. The van der Waals surface area contributed by atoms with Gasteiger partial charge in [-0.3, -0.25) is 0 Å². The van der Waals surface area contributed by atoms with Crippen molar-refractivity contribution in [1.29, 1.82) is 0 Å². The van der Waals surface area contributed by atoms with Gasteiger partial charge in [0.25, 0.3) is 0 Å². The highest BCUT2D eigenvalue weighted by molar-refractivity contribution is 7.07. The molecule has 1 aliphatic rings. The maximum Gasteiger partial charge on any atom is 0.0352 e. The molecule has 3 rings (SSSR count). The molecule has 1 aromatic carbocycles. The summed E-state index contributed by atoms with van der Waals surface area (Å²) in [5, 5.41) is 7.95. The van der Waals surface area contributed by atoms with E-state index in [9.17, 15) is 0 Å². The molecule has 2 atom stereocenters. The van der Waals surface area contributed by atoms with Gasteiger partial charge in [0.15, 0.2) is 0 Å². The molecule has 1 heterocycles. The van der Waals surface area contributed by atoms with Gasteiger partial charge in [0.1, 0.15) is 0 Å². The Balaban J connectivity index is 1.71. The third kappa shape index (κ3) is 2.23. The Labute approximate surface area is 113 Å². The van der Waals surface area contributed by atoms with Gasteiger partial charge in [-0.05, 0) is 65.7 Å². The summed E-state index contributed by atoms with van der Waals surface area (Å²) in [6.45, 7) is 0. The second-order valence-corrected chi connectivity index (χ2v) is 5.88. The largest absolute Gasteiger partial charge is 0.313 e. The molecule has 0 aliphatic heterocycles. The summed E-state index contributed by atoms with van der Waals surface area (Å²) in [4.78, 5) is 0. The summed E-state index contributed by atoms with van der Waals surface area (Å²) in [5.41, 5.74) is 4.54. The predicted octanol–water partition coefficient (Wildman–Crippen LogP) is 3.81. The highest BCUT2D eigenvalue weighted by Crippen LogP contribution is 2.38. The topological polar surface area (TPSA) is 12.0 Å². The van der Waals surface area contributed by atoms with E-state index in [1.165, 1.54) is 36.0 Å². The second-order valence-electron chi connectivity index (χ2n) is 5.10. The lowest BCUT2D eigenvalue weighted by atomic mass is 9.94.